The number of nitrogens with two attached hydrogens (primary N) is 1. The van der Waals surface area contributed by atoms with Crippen molar-refractivity contribution >= 4 is 28.3 Å². The smallest absolute Gasteiger partial charge is 0.165 e. The number of ether oxygens (including phenoxy) is 3. The highest BCUT2D eigenvalue weighted by molar-refractivity contribution is 14.1. The standard InChI is InChI=1S/C14H12INO3/c15-9-3-1-2-4-11(9)19-12-8-14-13(7-10(12)16)17-5-6-18-14/h1-4,7-8H,5-6,16H2. The number of anilines is 1. The van der Waals surface area contributed by atoms with Gasteiger partial charge in [-0.2, -0.15) is 0 Å². The van der Waals surface area contributed by atoms with Crippen LogP contribution < -0.4 is 19.9 Å². The molecule has 2 aromatic carbocycles. The van der Waals surface area contributed by atoms with Crippen molar-refractivity contribution in [3.63, 3.8) is 0 Å². The van der Waals surface area contributed by atoms with Crippen molar-refractivity contribution in [1.29, 1.82) is 0 Å². The van der Waals surface area contributed by atoms with Gasteiger partial charge in [0.25, 0.3) is 0 Å². The molecule has 5 heteroatoms. The van der Waals surface area contributed by atoms with E-state index in [1.165, 1.54) is 0 Å². The third-order valence-electron chi connectivity index (χ3n) is 2.73. The highest BCUT2D eigenvalue weighted by Gasteiger charge is 2.16. The lowest BCUT2D eigenvalue weighted by Crippen LogP contribution is -2.15. The number of para-hydroxylation sites is 1. The minimum Gasteiger partial charge on any atom is -0.486 e. The van der Waals surface area contributed by atoms with E-state index in [0.29, 0.717) is 36.1 Å². The molecule has 0 unspecified atom stereocenters. The summed E-state index contributed by atoms with van der Waals surface area (Å²) in [5, 5.41) is 0. The molecule has 0 saturated carbocycles. The number of halogens is 1. The van der Waals surface area contributed by atoms with Crippen molar-refractivity contribution in [3.05, 3.63) is 40.0 Å². The molecule has 0 saturated heterocycles. The number of fused-ring (bicyclic) bond motifs is 1. The lowest BCUT2D eigenvalue weighted by molar-refractivity contribution is 0.171. The van der Waals surface area contributed by atoms with E-state index in [4.69, 9.17) is 19.9 Å². The largest absolute Gasteiger partial charge is 0.486 e. The molecule has 3 rings (SSSR count). The average Bonchev–Trinajstić information content (AvgIpc) is 2.42. The first-order valence-corrected chi connectivity index (χ1v) is 6.93. The van der Waals surface area contributed by atoms with Gasteiger partial charge in [0.05, 0.1) is 9.26 Å². The third-order valence-corrected chi connectivity index (χ3v) is 3.62. The second kappa shape index (κ2) is 5.16. The molecule has 0 spiro atoms. The van der Waals surface area contributed by atoms with Crippen molar-refractivity contribution in [2.75, 3.05) is 18.9 Å². The summed E-state index contributed by atoms with van der Waals surface area (Å²) in [7, 11) is 0. The lowest BCUT2D eigenvalue weighted by atomic mass is 10.2. The van der Waals surface area contributed by atoms with Crippen LogP contribution in [0, 0.1) is 3.57 Å². The van der Waals surface area contributed by atoms with E-state index in [0.717, 1.165) is 9.32 Å². The van der Waals surface area contributed by atoms with Crippen LogP contribution in [-0.2, 0) is 0 Å². The van der Waals surface area contributed by atoms with E-state index in [1.807, 2.05) is 24.3 Å². The van der Waals surface area contributed by atoms with Gasteiger partial charge in [0.1, 0.15) is 19.0 Å². The van der Waals surface area contributed by atoms with Crippen LogP contribution in [-0.4, -0.2) is 13.2 Å². The molecule has 0 amide bonds. The molecule has 0 bridgehead atoms. The zero-order valence-electron chi connectivity index (χ0n) is 10.1. The van der Waals surface area contributed by atoms with E-state index < -0.39 is 0 Å². The van der Waals surface area contributed by atoms with Crippen molar-refractivity contribution < 1.29 is 14.2 Å². The van der Waals surface area contributed by atoms with Gasteiger partial charge in [0.2, 0.25) is 0 Å². The molecular weight excluding hydrogens is 357 g/mol. The van der Waals surface area contributed by atoms with Crippen LogP contribution in [0.4, 0.5) is 5.69 Å². The Morgan fingerprint density at radius 3 is 2.42 bits per heavy atom. The molecule has 0 radical (unpaired) electrons. The lowest BCUT2D eigenvalue weighted by Gasteiger charge is -2.20. The van der Waals surface area contributed by atoms with Gasteiger partial charge in [-0.1, -0.05) is 12.1 Å². The summed E-state index contributed by atoms with van der Waals surface area (Å²) in [5.41, 5.74) is 6.51. The van der Waals surface area contributed by atoms with Gasteiger partial charge < -0.3 is 19.9 Å². The van der Waals surface area contributed by atoms with E-state index in [9.17, 15) is 0 Å². The Labute approximate surface area is 124 Å². The molecule has 98 valence electrons. The normalized spacial score (nSPS) is 13.1. The van der Waals surface area contributed by atoms with Crippen LogP contribution in [0.1, 0.15) is 0 Å². The fourth-order valence-electron chi connectivity index (χ4n) is 1.82. The quantitative estimate of drug-likeness (QED) is 0.651. The van der Waals surface area contributed by atoms with Crippen LogP contribution in [0.3, 0.4) is 0 Å². The first kappa shape index (κ1) is 12.4. The minimum absolute atomic E-state index is 0.531. The predicted molar refractivity (Wildman–Crippen MR) is 81.1 cm³/mol. The molecule has 1 aliphatic heterocycles. The summed E-state index contributed by atoms with van der Waals surface area (Å²) in [6, 6.07) is 11.3. The van der Waals surface area contributed by atoms with E-state index in [-0.39, 0.29) is 0 Å². The van der Waals surface area contributed by atoms with Crippen molar-refractivity contribution in [3.8, 4) is 23.0 Å². The Hall–Kier alpha value is -1.63. The van der Waals surface area contributed by atoms with Gasteiger partial charge in [-0.25, -0.2) is 0 Å². The van der Waals surface area contributed by atoms with Crippen LogP contribution in [0.15, 0.2) is 36.4 Å². The Kier molecular flexibility index (Phi) is 3.37. The summed E-state index contributed by atoms with van der Waals surface area (Å²) in [6.07, 6.45) is 0. The monoisotopic (exact) mass is 369 g/mol. The highest BCUT2D eigenvalue weighted by Crippen LogP contribution is 2.40. The molecule has 2 aromatic rings. The Morgan fingerprint density at radius 2 is 1.68 bits per heavy atom. The Morgan fingerprint density at radius 1 is 1.00 bits per heavy atom. The zero-order chi connectivity index (χ0) is 13.2. The maximum atomic E-state index is 5.98. The first-order valence-electron chi connectivity index (χ1n) is 5.85. The van der Waals surface area contributed by atoms with Gasteiger partial charge >= 0.3 is 0 Å². The maximum absolute atomic E-state index is 5.98. The van der Waals surface area contributed by atoms with Crippen molar-refractivity contribution in [2.45, 2.75) is 0 Å². The maximum Gasteiger partial charge on any atom is 0.165 e. The SMILES string of the molecule is Nc1cc2c(cc1Oc1ccccc1I)OCCO2. The topological polar surface area (TPSA) is 53.7 Å². The summed E-state index contributed by atoms with van der Waals surface area (Å²) < 4.78 is 17.9. The van der Waals surface area contributed by atoms with Crippen LogP contribution in [0.2, 0.25) is 0 Å². The Balaban J connectivity index is 1.95. The molecule has 2 N–H and O–H groups in total. The van der Waals surface area contributed by atoms with Crippen molar-refractivity contribution in [2.24, 2.45) is 0 Å². The first-order chi connectivity index (χ1) is 9.24. The van der Waals surface area contributed by atoms with Crippen LogP contribution >= 0.6 is 22.6 Å². The second-order valence-electron chi connectivity index (χ2n) is 4.07. The van der Waals surface area contributed by atoms with E-state index >= 15 is 0 Å². The van der Waals surface area contributed by atoms with Gasteiger partial charge in [-0.05, 0) is 34.7 Å². The highest BCUT2D eigenvalue weighted by atomic mass is 127. The summed E-state index contributed by atoms with van der Waals surface area (Å²) >= 11 is 2.22. The molecule has 1 aliphatic rings. The molecule has 0 atom stereocenters. The predicted octanol–water partition coefficient (Wildman–Crippen LogP) is 3.44. The van der Waals surface area contributed by atoms with Crippen molar-refractivity contribution in [1.82, 2.24) is 0 Å². The fraction of sp³-hybridized carbons (Fsp3) is 0.143. The molecule has 19 heavy (non-hydrogen) atoms. The average molecular weight is 369 g/mol. The van der Waals surface area contributed by atoms with E-state index in [1.54, 1.807) is 12.1 Å². The zero-order valence-corrected chi connectivity index (χ0v) is 12.2. The number of nitrogen functional groups attached to an aromatic ring is 1. The second-order valence-corrected chi connectivity index (χ2v) is 5.23. The number of benzene rings is 2. The van der Waals surface area contributed by atoms with Crippen LogP contribution in [0.5, 0.6) is 23.0 Å². The summed E-state index contributed by atoms with van der Waals surface area (Å²) in [6.45, 7) is 1.09. The van der Waals surface area contributed by atoms with Gasteiger partial charge in [-0.3, -0.25) is 0 Å². The minimum atomic E-state index is 0.531. The molecule has 0 fully saturated rings. The molecular formula is C14H12INO3. The fourth-order valence-corrected chi connectivity index (χ4v) is 2.32. The summed E-state index contributed by atoms with van der Waals surface area (Å²) in [5.74, 6) is 2.68. The number of hydrogen-bond acceptors (Lipinski definition) is 4. The van der Waals surface area contributed by atoms with Gasteiger partial charge in [0.15, 0.2) is 17.2 Å². The molecule has 0 aromatic heterocycles. The molecule has 1 heterocycles. The van der Waals surface area contributed by atoms with Gasteiger partial charge in [0, 0.05) is 12.1 Å². The number of hydrogen-bond donors (Lipinski definition) is 1. The van der Waals surface area contributed by atoms with E-state index in [2.05, 4.69) is 22.6 Å². The Bertz CT molecular complexity index is 616. The third kappa shape index (κ3) is 2.56. The number of rotatable bonds is 2. The summed E-state index contributed by atoms with van der Waals surface area (Å²) in [4.78, 5) is 0. The molecule has 0 aliphatic carbocycles. The van der Waals surface area contributed by atoms with Crippen LogP contribution in [0.25, 0.3) is 0 Å². The van der Waals surface area contributed by atoms with Gasteiger partial charge in [-0.15, -0.1) is 0 Å². The molecule has 4 nitrogen and oxygen atoms in total.